The smallest absolute Gasteiger partial charge is 0.306 e. The topological polar surface area (TPSA) is 78.9 Å². The summed E-state index contributed by atoms with van der Waals surface area (Å²) in [5.74, 6) is -1.09. The summed E-state index contributed by atoms with van der Waals surface area (Å²) in [6, 6.07) is 0. The predicted octanol–water partition coefficient (Wildman–Crippen LogP) is 17.2. The molecule has 0 aliphatic carbocycles. The molecule has 6 nitrogen and oxygen atoms in total. The zero-order valence-electron chi connectivity index (χ0n) is 42.1. The molecule has 0 rings (SSSR count). The third-order valence-electron chi connectivity index (χ3n) is 9.89. The average molecular weight is 919 g/mol. The van der Waals surface area contributed by atoms with Crippen LogP contribution in [0, 0.1) is 0 Å². The first-order valence-electron chi connectivity index (χ1n) is 25.7. The van der Waals surface area contributed by atoms with Crippen molar-refractivity contribution in [2.45, 2.75) is 181 Å². The van der Waals surface area contributed by atoms with Crippen molar-refractivity contribution >= 4 is 17.9 Å². The molecule has 0 radical (unpaired) electrons. The molecule has 0 aliphatic heterocycles. The van der Waals surface area contributed by atoms with Gasteiger partial charge in [-0.15, -0.1) is 0 Å². The molecule has 0 spiro atoms. The zero-order chi connectivity index (χ0) is 48.6. The molecule has 6 heteroatoms. The Hall–Kier alpha value is -5.23. The van der Waals surface area contributed by atoms with Crippen molar-refractivity contribution in [3.05, 3.63) is 170 Å². The molecule has 0 aromatic carbocycles. The molecule has 370 valence electrons. The molecule has 0 saturated carbocycles. The first-order chi connectivity index (χ1) is 33.0. The predicted molar refractivity (Wildman–Crippen MR) is 288 cm³/mol. The number of ether oxygens (including phenoxy) is 3. The van der Waals surface area contributed by atoms with Crippen molar-refractivity contribution in [1.29, 1.82) is 0 Å². The van der Waals surface area contributed by atoms with Crippen LogP contribution in [0.25, 0.3) is 0 Å². The van der Waals surface area contributed by atoms with Crippen LogP contribution in [0.2, 0.25) is 0 Å². The molecule has 0 aliphatic rings. The van der Waals surface area contributed by atoms with E-state index in [2.05, 4.69) is 106 Å². The van der Waals surface area contributed by atoms with Crippen molar-refractivity contribution < 1.29 is 28.6 Å². The number of carbonyl (C=O) groups excluding carboxylic acids is 3. The van der Waals surface area contributed by atoms with Crippen molar-refractivity contribution in [3.63, 3.8) is 0 Å². The molecular formula is C61H90O6. The van der Waals surface area contributed by atoms with E-state index in [1.54, 1.807) is 0 Å². The molecule has 1 atom stereocenters. The minimum atomic E-state index is -0.850. The fraction of sp³-hybridized carbons (Fsp3) is 0.492. The Morgan fingerprint density at radius 1 is 0.328 bits per heavy atom. The number of carbonyl (C=O) groups is 3. The van der Waals surface area contributed by atoms with Gasteiger partial charge in [0.1, 0.15) is 13.2 Å². The Morgan fingerprint density at radius 3 is 1.16 bits per heavy atom. The summed E-state index contributed by atoms with van der Waals surface area (Å²) in [5, 5.41) is 0. The van der Waals surface area contributed by atoms with Gasteiger partial charge in [0.15, 0.2) is 6.10 Å². The van der Waals surface area contributed by atoms with Crippen molar-refractivity contribution in [2.75, 3.05) is 13.2 Å². The summed E-state index contributed by atoms with van der Waals surface area (Å²) < 4.78 is 16.7. The Labute approximate surface area is 409 Å². The lowest BCUT2D eigenvalue weighted by Crippen LogP contribution is -2.30. The molecule has 0 fully saturated rings. The van der Waals surface area contributed by atoms with Crippen LogP contribution in [0.15, 0.2) is 170 Å². The Kier molecular flexibility index (Phi) is 49.2. The summed E-state index contributed by atoms with van der Waals surface area (Å²) in [6.45, 7) is 6.19. The fourth-order valence-electron chi connectivity index (χ4n) is 6.08. The maximum absolute atomic E-state index is 12.8. The first-order valence-corrected chi connectivity index (χ1v) is 25.7. The normalized spacial score (nSPS) is 13.5. The number of hydrogen-bond acceptors (Lipinski definition) is 6. The quantitative estimate of drug-likeness (QED) is 0.0199. The van der Waals surface area contributed by atoms with E-state index in [0.717, 1.165) is 103 Å². The van der Waals surface area contributed by atoms with E-state index in [0.29, 0.717) is 19.3 Å². The highest BCUT2D eigenvalue weighted by molar-refractivity contribution is 5.71. The van der Waals surface area contributed by atoms with Gasteiger partial charge in [0.25, 0.3) is 0 Å². The van der Waals surface area contributed by atoms with Gasteiger partial charge in [0.05, 0.1) is 0 Å². The first kappa shape index (κ1) is 61.8. The molecule has 0 aromatic heterocycles. The van der Waals surface area contributed by atoms with E-state index in [4.69, 9.17) is 14.2 Å². The van der Waals surface area contributed by atoms with E-state index in [1.807, 2.05) is 85.1 Å². The molecule has 0 saturated heterocycles. The van der Waals surface area contributed by atoms with Crippen molar-refractivity contribution in [3.8, 4) is 0 Å². The van der Waals surface area contributed by atoms with Gasteiger partial charge in [-0.3, -0.25) is 14.4 Å². The number of rotatable bonds is 43. The van der Waals surface area contributed by atoms with E-state index >= 15 is 0 Å². The molecule has 67 heavy (non-hydrogen) atoms. The minimum Gasteiger partial charge on any atom is -0.462 e. The van der Waals surface area contributed by atoms with Crippen LogP contribution in [0.5, 0.6) is 0 Å². The van der Waals surface area contributed by atoms with Gasteiger partial charge in [-0.25, -0.2) is 0 Å². The third kappa shape index (κ3) is 51.6. The van der Waals surface area contributed by atoms with Gasteiger partial charge in [0.2, 0.25) is 0 Å². The Bertz CT molecular complexity index is 1620. The van der Waals surface area contributed by atoms with Gasteiger partial charge in [-0.1, -0.05) is 229 Å². The number of hydrogen-bond donors (Lipinski definition) is 0. The number of unbranched alkanes of at least 4 members (excludes halogenated alkanes) is 10. The number of allylic oxidation sites excluding steroid dienone is 28. The van der Waals surface area contributed by atoms with Gasteiger partial charge in [-0.2, -0.15) is 0 Å². The second kappa shape index (κ2) is 53.4. The third-order valence-corrected chi connectivity index (χ3v) is 9.89. The van der Waals surface area contributed by atoms with Crippen LogP contribution < -0.4 is 0 Å². The van der Waals surface area contributed by atoms with E-state index in [-0.39, 0.29) is 38.0 Å². The minimum absolute atomic E-state index is 0.137. The maximum atomic E-state index is 12.8. The van der Waals surface area contributed by atoms with Crippen LogP contribution in [-0.4, -0.2) is 37.2 Å². The molecule has 1 unspecified atom stereocenters. The SMILES string of the molecule is CC\C=C/C=C\C=C/C=C\C=C\C=C/C=C\CCCCCC(=O)OCC(COC(=O)CCCCCCC/C=C\CCCC)OC(=O)CC/C=C\C/C=C\C/C=C\C/C=C\C/C=C\C/C=C\CC. The van der Waals surface area contributed by atoms with E-state index in [1.165, 1.54) is 19.3 Å². The molecule has 0 bridgehead atoms. The van der Waals surface area contributed by atoms with Crippen molar-refractivity contribution in [2.24, 2.45) is 0 Å². The molecule has 0 N–H and O–H groups in total. The molecule has 0 heterocycles. The second-order valence-electron chi connectivity index (χ2n) is 16.1. The van der Waals surface area contributed by atoms with Gasteiger partial charge in [0, 0.05) is 19.3 Å². The summed E-state index contributed by atoms with van der Waals surface area (Å²) in [4.78, 5) is 37.9. The Balaban J connectivity index is 4.65. The van der Waals surface area contributed by atoms with Gasteiger partial charge >= 0.3 is 17.9 Å². The highest BCUT2D eigenvalue weighted by Gasteiger charge is 2.19. The maximum Gasteiger partial charge on any atom is 0.306 e. The zero-order valence-corrected chi connectivity index (χ0v) is 42.1. The summed E-state index contributed by atoms with van der Waals surface area (Å²) in [6.07, 6.45) is 79.1. The largest absolute Gasteiger partial charge is 0.462 e. The van der Waals surface area contributed by atoms with Crippen molar-refractivity contribution in [1.82, 2.24) is 0 Å². The monoisotopic (exact) mass is 919 g/mol. The second-order valence-corrected chi connectivity index (χ2v) is 16.1. The standard InChI is InChI=1S/C61H90O6/c1-4-7-10-13-16-19-22-24-26-28-30-32-34-36-39-42-45-48-51-54-60(63)66-57-58(56-65-59(62)53-50-47-44-41-38-21-18-15-12-9-6-3)67-61(64)55-52-49-46-43-40-37-35-33-31-29-27-25-23-20-17-14-11-8-5-2/h7-8,10-11,13,15-20,22,24-28,30-34,36-37,39-40,46,49,58H,4-6,9,12,14,21,23,29,35,38,41-45,47-48,50-57H2,1-3H3/b10-7-,11-8-,16-13-,18-15-,20-17-,22-19-,26-24-,27-25-,30-28+,33-31-,34-32-,39-36-,40-37-,49-46-. The molecular weight excluding hydrogens is 829 g/mol. The molecule has 0 aromatic rings. The lowest BCUT2D eigenvalue weighted by Gasteiger charge is -2.18. The number of esters is 3. The fourth-order valence-corrected chi connectivity index (χ4v) is 6.08. The van der Waals surface area contributed by atoms with E-state index in [9.17, 15) is 14.4 Å². The summed E-state index contributed by atoms with van der Waals surface area (Å²) in [5.41, 5.74) is 0. The van der Waals surface area contributed by atoms with Crippen LogP contribution in [0.1, 0.15) is 175 Å². The van der Waals surface area contributed by atoms with Gasteiger partial charge < -0.3 is 14.2 Å². The van der Waals surface area contributed by atoms with E-state index < -0.39 is 12.1 Å². The van der Waals surface area contributed by atoms with Gasteiger partial charge in [-0.05, 0) is 96.3 Å². The van der Waals surface area contributed by atoms with Crippen LogP contribution >= 0.6 is 0 Å². The highest BCUT2D eigenvalue weighted by atomic mass is 16.6. The lowest BCUT2D eigenvalue weighted by atomic mass is 10.1. The highest BCUT2D eigenvalue weighted by Crippen LogP contribution is 2.11. The summed E-state index contributed by atoms with van der Waals surface area (Å²) in [7, 11) is 0. The van der Waals surface area contributed by atoms with Crippen LogP contribution in [0.3, 0.4) is 0 Å². The molecule has 0 amide bonds. The summed E-state index contributed by atoms with van der Waals surface area (Å²) >= 11 is 0. The van der Waals surface area contributed by atoms with Crippen LogP contribution in [-0.2, 0) is 28.6 Å². The average Bonchev–Trinajstić information content (AvgIpc) is 3.33. The van der Waals surface area contributed by atoms with Crippen LogP contribution in [0.4, 0.5) is 0 Å². The Morgan fingerprint density at radius 2 is 0.687 bits per heavy atom. The lowest BCUT2D eigenvalue weighted by molar-refractivity contribution is -0.166.